The highest BCUT2D eigenvalue weighted by molar-refractivity contribution is 8.77. The summed E-state index contributed by atoms with van der Waals surface area (Å²) in [7, 11) is -3.83. The summed E-state index contributed by atoms with van der Waals surface area (Å²) in [5.74, 6) is 2.11. The molecule has 0 heterocycles. The Morgan fingerprint density at radius 2 is 0.886 bits per heavy atom. The van der Waals surface area contributed by atoms with E-state index < -0.39 is 20.0 Å². The van der Waals surface area contributed by atoms with Crippen LogP contribution in [0.15, 0.2) is 58.3 Å². The zero-order valence-corrected chi connectivity index (χ0v) is 30.4. The van der Waals surface area contributed by atoms with Crippen LogP contribution in [0.5, 0.6) is 0 Å². The lowest BCUT2D eigenvalue weighted by atomic mass is 9.85. The summed E-state index contributed by atoms with van der Waals surface area (Å²) >= 11 is 0. The monoisotopic (exact) mass is 676 g/mol. The zero-order chi connectivity index (χ0) is 32.1. The highest BCUT2D eigenvalue weighted by Crippen LogP contribution is 2.72. The van der Waals surface area contributed by atoms with Gasteiger partial charge in [0.15, 0.2) is 0 Å². The van der Waals surface area contributed by atoms with Crippen molar-refractivity contribution < 1.29 is 16.8 Å². The van der Waals surface area contributed by atoms with Crippen LogP contribution in [-0.2, 0) is 20.0 Å². The van der Waals surface area contributed by atoms with Crippen LogP contribution in [0.2, 0.25) is 0 Å². The number of benzene rings is 2. The minimum Gasteiger partial charge on any atom is -0.207 e. The standard InChI is InChI=1S/C34H48N2O4S4/c1-21-9-13-23(14-10-21)43(37,38)35-29-17-25-27(31(25,3)4)19-33(29,7)41-42-34(8)20-28-26(32(28,5)6)18-30(34)36-44(39,40)24-15-11-22(2)12-16-24/h9-16,25-30,35-36H,17-20H2,1-8H3/t25-,26-,27+,28+,29+,30+,33+,34+/m1/s1. The molecule has 4 fully saturated rings. The Balaban J connectivity index is 1.26. The molecule has 2 aromatic carbocycles. The molecule has 0 amide bonds. The average Bonchev–Trinajstić information content (AvgIpc) is 3.67. The van der Waals surface area contributed by atoms with Crippen molar-refractivity contribution in [2.45, 2.75) is 112 Å². The first-order chi connectivity index (χ1) is 20.3. The SMILES string of the molecule is Cc1ccc(S(=O)(=O)N[C@H]2C[C@@H]3[C@H](C[C@]2(C)SS[C@@]2(C)C[C@H]4[C@@H](C[C@@H]2NS(=O)(=O)c2ccc(C)cc2)C4(C)C)C3(C)C)cc1. The molecular formula is C34H48N2O4S4. The number of aryl methyl sites for hydroxylation is 2. The minimum atomic E-state index is -3.70. The fourth-order valence-electron chi connectivity index (χ4n) is 8.29. The molecule has 0 aromatic heterocycles. The topological polar surface area (TPSA) is 92.3 Å². The summed E-state index contributed by atoms with van der Waals surface area (Å²) in [6, 6.07) is 13.7. The van der Waals surface area contributed by atoms with Crippen molar-refractivity contribution in [3.63, 3.8) is 0 Å². The Labute approximate surface area is 273 Å². The average molecular weight is 677 g/mol. The second-order valence-electron chi connectivity index (χ2n) is 15.7. The van der Waals surface area contributed by atoms with E-state index in [4.69, 9.17) is 0 Å². The quantitative estimate of drug-likeness (QED) is 0.271. The highest BCUT2D eigenvalue weighted by Gasteiger charge is 2.67. The Hall–Kier alpha value is -1.04. The largest absolute Gasteiger partial charge is 0.240 e. The molecule has 10 heteroatoms. The molecule has 0 saturated heterocycles. The molecule has 8 atom stereocenters. The summed E-state index contributed by atoms with van der Waals surface area (Å²) in [6.07, 6.45) is 3.48. The van der Waals surface area contributed by atoms with Crippen LogP contribution in [0.4, 0.5) is 0 Å². The third kappa shape index (κ3) is 5.83. The summed E-state index contributed by atoms with van der Waals surface area (Å²) < 4.78 is 60.1. The molecule has 242 valence electrons. The van der Waals surface area contributed by atoms with Gasteiger partial charge < -0.3 is 0 Å². The molecule has 0 aliphatic heterocycles. The predicted octanol–water partition coefficient (Wildman–Crippen LogP) is 7.33. The second-order valence-corrected chi connectivity index (χ2v) is 22.3. The fourth-order valence-corrected chi connectivity index (χ4v) is 14.8. The molecule has 0 spiro atoms. The molecule has 4 saturated carbocycles. The molecule has 6 nitrogen and oxygen atoms in total. The van der Waals surface area contributed by atoms with Gasteiger partial charge in [-0.25, -0.2) is 26.3 Å². The Kier molecular flexibility index (Phi) is 8.03. The minimum absolute atomic E-state index is 0.197. The lowest BCUT2D eigenvalue weighted by Crippen LogP contribution is -2.53. The molecule has 4 aliphatic carbocycles. The van der Waals surface area contributed by atoms with Crippen LogP contribution in [0, 0.1) is 48.3 Å². The van der Waals surface area contributed by atoms with Crippen LogP contribution in [0.3, 0.4) is 0 Å². The lowest BCUT2D eigenvalue weighted by molar-refractivity contribution is 0.327. The van der Waals surface area contributed by atoms with Crippen molar-refractivity contribution in [3.05, 3.63) is 59.7 Å². The second kappa shape index (κ2) is 10.7. The van der Waals surface area contributed by atoms with Crippen LogP contribution < -0.4 is 9.44 Å². The number of nitrogens with one attached hydrogen (secondary N) is 2. The molecule has 0 bridgehead atoms. The Morgan fingerprint density at radius 1 is 0.568 bits per heavy atom. The maximum atomic E-state index is 13.6. The van der Waals surface area contributed by atoms with Gasteiger partial charge in [-0.15, -0.1) is 0 Å². The van der Waals surface area contributed by atoms with E-state index in [1.54, 1.807) is 45.9 Å². The number of sulfonamides is 2. The normalized spacial score (nSPS) is 37.1. The highest BCUT2D eigenvalue weighted by atomic mass is 33.1. The first-order valence-corrected chi connectivity index (χ1v) is 20.9. The van der Waals surface area contributed by atoms with Crippen LogP contribution >= 0.6 is 21.6 Å². The molecule has 0 radical (unpaired) electrons. The van der Waals surface area contributed by atoms with Gasteiger partial charge in [-0.05, 0) is 112 Å². The zero-order valence-electron chi connectivity index (χ0n) is 27.2. The van der Waals surface area contributed by atoms with Crippen LogP contribution in [-0.4, -0.2) is 38.4 Å². The van der Waals surface area contributed by atoms with Gasteiger partial charge >= 0.3 is 0 Å². The van der Waals surface area contributed by atoms with Crippen molar-refractivity contribution in [2.75, 3.05) is 0 Å². The van der Waals surface area contributed by atoms with E-state index in [1.807, 2.05) is 38.1 Å². The van der Waals surface area contributed by atoms with E-state index >= 15 is 0 Å². The van der Waals surface area contributed by atoms with Gasteiger partial charge in [0.05, 0.1) is 9.79 Å². The van der Waals surface area contributed by atoms with E-state index in [0.717, 1.165) is 36.8 Å². The van der Waals surface area contributed by atoms with Crippen molar-refractivity contribution >= 4 is 41.6 Å². The van der Waals surface area contributed by atoms with E-state index in [2.05, 4.69) is 51.0 Å². The van der Waals surface area contributed by atoms with Crippen molar-refractivity contribution in [1.82, 2.24) is 9.44 Å². The molecule has 0 unspecified atom stereocenters. The number of fused-ring (bicyclic) bond motifs is 2. The smallest absolute Gasteiger partial charge is 0.207 e. The van der Waals surface area contributed by atoms with Gasteiger partial charge in [-0.3, -0.25) is 0 Å². The van der Waals surface area contributed by atoms with Crippen LogP contribution in [0.25, 0.3) is 0 Å². The van der Waals surface area contributed by atoms with Gasteiger partial charge in [0, 0.05) is 21.6 Å². The maximum absolute atomic E-state index is 13.6. The Morgan fingerprint density at radius 3 is 1.20 bits per heavy atom. The predicted molar refractivity (Wildman–Crippen MR) is 183 cm³/mol. The summed E-state index contributed by atoms with van der Waals surface area (Å²) in [5.41, 5.74) is 2.44. The van der Waals surface area contributed by atoms with Crippen molar-refractivity contribution in [3.8, 4) is 0 Å². The van der Waals surface area contributed by atoms with Gasteiger partial charge in [0.2, 0.25) is 20.0 Å². The number of hydrogen-bond acceptors (Lipinski definition) is 6. The number of hydrogen-bond donors (Lipinski definition) is 2. The van der Waals surface area contributed by atoms with Crippen molar-refractivity contribution in [1.29, 1.82) is 0 Å². The summed E-state index contributed by atoms with van der Waals surface area (Å²) in [6.45, 7) is 17.6. The molecule has 44 heavy (non-hydrogen) atoms. The summed E-state index contributed by atoms with van der Waals surface area (Å²) in [5, 5.41) is 0. The molecule has 4 aliphatic rings. The third-order valence-electron chi connectivity index (χ3n) is 12.0. The third-order valence-corrected chi connectivity index (χ3v) is 19.2. The first kappa shape index (κ1) is 32.9. The van der Waals surface area contributed by atoms with E-state index in [9.17, 15) is 16.8 Å². The van der Waals surface area contributed by atoms with Crippen molar-refractivity contribution in [2.24, 2.45) is 34.5 Å². The molecule has 6 rings (SSSR count). The lowest BCUT2D eigenvalue weighted by Gasteiger charge is -2.45. The van der Waals surface area contributed by atoms with E-state index in [0.29, 0.717) is 33.5 Å². The van der Waals surface area contributed by atoms with Gasteiger partial charge in [-0.2, -0.15) is 0 Å². The molecule has 2 aromatic rings. The molecular weight excluding hydrogens is 629 g/mol. The van der Waals surface area contributed by atoms with Gasteiger partial charge in [0.25, 0.3) is 0 Å². The van der Waals surface area contributed by atoms with Crippen LogP contribution in [0.1, 0.15) is 78.4 Å². The fraction of sp³-hybridized carbons (Fsp3) is 0.647. The first-order valence-electron chi connectivity index (χ1n) is 15.8. The number of rotatable bonds is 9. The summed E-state index contributed by atoms with van der Waals surface area (Å²) in [4.78, 5) is 0.596. The van der Waals surface area contributed by atoms with Gasteiger partial charge in [-0.1, -0.05) is 84.7 Å². The maximum Gasteiger partial charge on any atom is 0.240 e. The van der Waals surface area contributed by atoms with Gasteiger partial charge in [0.1, 0.15) is 0 Å². The molecule has 2 N–H and O–H groups in total. The Bertz CT molecular complexity index is 1520. The van der Waals surface area contributed by atoms with E-state index in [-0.39, 0.29) is 32.4 Å². The van der Waals surface area contributed by atoms with E-state index in [1.165, 1.54) is 0 Å².